The predicted octanol–water partition coefficient (Wildman–Crippen LogP) is 4.15. The average Bonchev–Trinajstić information content (AvgIpc) is 3.22. The number of likely N-dealkylation sites (tertiary alicyclic amines) is 1. The van der Waals surface area contributed by atoms with Crippen molar-refractivity contribution in [2.75, 3.05) is 25.0 Å². The third-order valence-electron chi connectivity index (χ3n) is 5.94. The first-order valence-corrected chi connectivity index (χ1v) is 11.5. The number of carbonyl (C=O) groups is 1. The first-order chi connectivity index (χ1) is 17.1. The molecule has 1 fully saturated rings. The van der Waals surface area contributed by atoms with Crippen LogP contribution in [0.1, 0.15) is 19.4 Å². The van der Waals surface area contributed by atoms with Crippen molar-refractivity contribution >= 4 is 29.2 Å². The van der Waals surface area contributed by atoms with E-state index in [1.54, 1.807) is 35.9 Å². The number of anilines is 1. The number of rotatable bonds is 7. The number of aromatic nitrogens is 2. The third-order valence-corrected chi connectivity index (χ3v) is 5.94. The van der Waals surface area contributed by atoms with Gasteiger partial charge in [0.2, 0.25) is 0 Å². The van der Waals surface area contributed by atoms with Crippen LogP contribution in [0.3, 0.4) is 0 Å². The molecule has 1 aliphatic heterocycles. The zero-order valence-corrected chi connectivity index (χ0v) is 20.0. The second-order valence-electron chi connectivity index (χ2n) is 8.89. The minimum atomic E-state index is -4.48. The maximum Gasteiger partial charge on any atom is 0.405 e. The summed E-state index contributed by atoms with van der Waals surface area (Å²) in [6, 6.07) is 10.5. The van der Waals surface area contributed by atoms with Crippen molar-refractivity contribution in [1.29, 1.82) is 0 Å². The summed E-state index contributed by atoms with van der Waals surface area (Å²) < 4.78 is 38.8. The first-order valence-electron chi connectivity index (χ1n) is 11.5. The van der Waals surface area contributed by atoms with E-state index in [-0.39, 0.29) is 6.04 Å². The Labute approximate surface area is 206 Å². The van der Waals surface area contributed by atoms with E-state index >= 15 is 0 Å². The normalized spacial score (nSPS) is 15.6. The van der Waals surface area contributed by atoms with Gasteiger partial charge in [-0.15, -0.1) is 0 Å². The maximum absolute atomic E-state index is 12.3. The topological polar surface area (TPSA) is 100 Å². The molecule has 2 amide bonds. The maximum atomic E-state index is 12.3. The van der Waals surface area contributed by atoms with E-state index in [2.05, 4.69) is 34.0 Å². The molecule has 190 valence electrons. The number of fused-ring (bicyclic) bond motifs is 1. The van der Waals surface area contributed by atoms with E-state index in [4.69, 9.17) is 5.73 Å². The van der Waals surface area contributed by atoms with Gasteiger partial charge in [-0.3, -0.25) is 14.3 Å². The fourth-order valence-corrected chi connectivity index (χ4v) is 3.89. The van der Waals surface area contributed by atoms with Crippen molar-refractivity contribution in [3.8, 4) is 11.3 Å². The Morgan fingerprint density at radius 1 is 1.28 bits per heavy atom. The van der Waals surface area contributed by atoms with Gasteiger partial charge in [0.05, 0.1) is 17.9 Å². The number of urea groups is 1. The molecule has 8 nitrogen and oxygen atoms in total. The first kappa shape index (κ1) is 25.2. The van der Waals surface area contributed by atoms with Crippen molar-refractivity contribution < 1.29 is 18.0 Å². The largest absolute Gasteiger partial charge is 0.405 e. The molecule has 0 bridgehead atoms. The number of pyridine rings is 1. The number of amides is 2. The van der Waals surface area contributed by atoms with Gasteiger partial charge in [-0.2, -0.15) is 13.2 Å². The molecular formula is C25H28F3N7O. The molecule has 1 aliphatic rings. The number of imidazole rings is 1. The number of benzene rings is 1. The summed E-state index contributed by atoms with van der Waals surface area (Å²) in [5.41, 5.74) is 10.1. The van der Waals surface area contributed by atoms with Crippen molar-refractivity contribution in [3.63, 3.8) is 0 Å². The highest BCUT2D eigenvalue weighted by molar-refractivity contribution is 6.10. The minimum Gasteiger partial charge on any atom is -0.404 e. The van der Waals surface area contributed by atoms with Gasteiger partial charge in [-0.1, -0.05) is 12.1 Å². The van der Waals surface area contributed by atoms with Gasteiger partial charge >= 0.3 is 12.2 Å². The number of halogens is 3. The van der Waals surface area contributed by atoms with Crippen molar-refractivity contribution in [3.05, 3.63) is 60.6 Å². The Morgan fingerprint density at radius 2 is 2.06 bits per heavy atom. The molecule has 2 aromatic heterocycles. The number of aliphatic imine (C=N–C) groups is 1. The lowest BCUT2D eigenvalue weighted by molar-refractivity contribution is -0.122. The summed E-state index contributed by atoms with van der Waals surface area (Å²) in [5.74, 6) is 0. The Bertz CT molecular complexity index is 1290. The summed E-state index contributed by atoms with van der Waals surface area (Å²) in [6.07, 6.45) is 2.40. The molecule has 0 atom stereocenters. The van der Waals surface area contributed by atoms with Gasteiger partial charge in [0, 0.05) is 54.6 Å². The highest BCUT2D eigenvalue weighted by Gasteiger charge is 2.28. The quantitative estimate of drug-likeness (QED) is 0.425. The number of carbonyl (C=O) groups excluding carboxylic acids is 1. The van der Waals surface area contributed by atoms with E-state index in [1.807, 2.05) is 28.8 Å². The highest BCUT2D eigenvalue weighted by Crippen LogP contribution is 2.25. The van der Waals surface area contributed by atoms with Crippen molar-refractivity contribution in [2.24, 2.45) is 10.7 Å². The molecule has 11 heteroatoms. The SMILES string of the molecule is CC(C)N1CC(N=CC(=CN)c2ccn3c(-c4cccc(NC(=O)NCC(F)(F)F)c4)cnc3c2)C1. The van der Waals surface area contributed by atoms with E-state index in [0.29, 0.717) is 17.4 Å². The van der Waals surface area contributed by atoms with Crippen LogP contribution in [0.2, 0.25) is 0 Å². The lowest BCUT2D eigenvalue weighted by atomic mass is 10.1. The lowest BCUT2D eigenvalue weighted by Crippen LogP contribution is -2.52. The van der Waals surface area contributed by atoms with Crippen LogP contribution >= 0.6 is 0 Å². The minimum absolute atomic E-state index is 0.264. The molecule has 1 aromatic carbocycles. The van der Waals surface area contributed by atoms with Crippen LogP contribution in [0.15, 0.2) is 60.0 Å². The van der Waals surface area contributed by atoms with Gasteiger partial charge in [0.25, 0.3) is 0 Å². The van der Waals surface area contributed by atoms with Crippen LogP contribution < -0.4 is 16.4 Å². The summed E-state index contributed by atoms with van der Waals surface area (Å²) in [5, 5.41) is 4.21. The number of nitrogens with one attached hydrogen (secondary N) is 2. The fraction of sp³-hybridized carbons (Fsp3) is 0.320. The van der Waals surface area contributed by atoms with Crippen LogP contribution in [0.5, 0.6) is 0 Å². The lowest BCUT2D eigenvalue weighted by Gasteiger charge is -2.39. The molecule has 1 saturated heterocycles. The molecule has 36 heavy (non-hydrogen) atoms. The number of hydrogen-bond acceptors (Lipinski definition) is 5. The van der Waals surface area contributed by atoms with E-state index in [9.17, 15) is 18.0 Å². The molecular weight excluding hydrogens is 471 g/mol. The summed E-state index contributed by atoms with van der Waals surface area (Å²) in [6.45, 7) is 4.80. The number of nitrogens with zero attached hydrogens (tertiary/aromatic N) is 4. The van der Waals surface area contributed by atoms with Crippen LogP contribution in [0.25, 0.3) is 22.5 Å². The Hall–Kier alpha value is -3.86. The molecule has 0 unspecified atom stereocenters. The van der Waals surface area contributed by atoms with Crippen LogP contribution in [0, 0.1) is 0 Å². The molecule has 3 aromatic rings. The number of alkyl halides is 3. The standard InChI is InChI=1S/C25H28F3N7O/c1-16(2)34-13-21(14-34)30-11-19(10-29)17-6-7-35-22(12-31-23(35)9-17)18-4-3-5-20(8-18)33-24(36)32-15-25(26,27)28/h3-12,16,21H,13-15,29H2,1-2H3,(H2,32,33,36). The summed E-state index contributed by atoms with van der Waals surface area (Å²) in [4.78, 5) is 23.3. The predicted molar refractivity (Wildman–Crippen MR) is 135 cm³/mol. The number of hydrogen-bond donors (Lipinski definition) is 3. The number of allylic oxidation sites excluding steroid dienone is 1. The Kier molecular flexibility index (Phi) is 7.30. The van der Waals surface area contributed by atoms with Gasteiger partial charge in [-0.25, -0.2) is 9.78 Å². The van der Waals surface area contributed by atoms with E-state index in [0.717, 1.165) is 35.5 Å². The average molecular weight is 500 g/mol. The second-order valence-corrected chi connectivity index (χ2v) is 8.89. The van der Waals surface area contributed by atoms with Crippen LogP contribution in [0.4, 0.5) is 23.7 Å². The van der Waals surface area contributed by atoms with Crippen LogP contribution in [-0.4, -0.2) is 64.4 Å². The van der Waals surface area contributed by atoms with Gasteiger partial charge < -0.3 is 16.4 Å². The van der Waals surface area contributed by atoms with Gasteiger partial charge in [-0.05, 0) is 43.7 Å². The fourth-order valence-electron chi connectivity index (χ4n) is 3.89. The molecule has 0 saturated carbocycles. The van der Waals surface area contributed by atoms with Crippen molar-refractivity contribution in [2.45, 2.75) is 32.1 Å². The van der Waals surface area contributed by atoms with E-state index in [1.165, 1.54) is 6.20 Å². The van der Waals surface area contributed by atoms with Crippen molar-refractivity contribution in [1.82, 2.24) is 19.6 Å². The molecule has 3 heterocycles. The number of nitrogens with two attached hydrogens (primary N) is 1. The van der Waals surface area contributed by atoms with Gasteiger partial charge in [0.15, 0.2) is 0 Å². The Morgan fingerprint density at radius 3 is 2.75 bits per heavy atom. The molecule has 4 N–H and O–H groups in total. The smallest absolute Gasteiger partial charge is 0.404 e. The molecule has 4 rings (SSSR count). The Balaban J connectivity index is 1.48. The zero-order chi connectivity index (χ0) is 25.9. The molecule has 0 spiro atoms. The highest BCUT2D eigenvalue weighted by atomic mass is 19.4. The third kappa shape index (κ3) is 6.03. The monoisotopic (exact) mass is 499 g/mol. The van der Waals surface area contributed by atoms with Gasteiger partial charge in [0.1, 0.15) is 12.2 Å². The van der Waals surface area contributed by atoms with E-state index < -0.39 is 18.8 Å². The molecule has 0 aliphatic carbocycles. The summed E-state index contributed by atoms with van der Waals surface area (Å²) >= 11 is 0. The van der Waals surface area contributed by atoms with Crippen LogP contribution in [-0.2, 0) is 0 Å². The summed E-state index contributed by atoms with van der Waals surface area (Å²) in [7, 11) is 0. The second kappa shape index (κ2) is 10.4. The zero-order valence-electron chi connectivity index (χ0n) is 20.0. The molecule has 0 radical (unpaired) electrons.